The van der Waals surface area contributed by atoms with Crippen LogP contribution in [0.3, 0.4) is 0 Å². The molecule has 0 radical (unpaired) electrons. The molecule has 4 atom stereocenters. The molecule has 3 N–H and O–H groups in total. The summed E-state index contributed by atoms with van der Waals surface area (Å²) in [6, 6.07) is 2.52. The fraction of sp³-hybridized carbons (Fsp3) is 0.321. The van der Waals surface area contributed by atoms with Crippen LogP contribution in [0.25, 0.3) is 5.57 Å². The Kier molecular flexibility index (Phi) is 4.18. The molecule has 1 spiro atoms. The van der Waals surface area contributed by atoms with Gasteiger partial charge in [-0.05, 0) is 53.8 Å². The fourth-order valence-electron chi connectivity index (χ4n) is 7.33. The minimum atomic E-state index is -2.45. The van der Waals surface area contributed by atoms with Gasteiger partial charge in [-0.25, -0.2) is 9.59 Å². The molecule has 2 aromatic carbocycles. The first-order valence-corrected chi connectivity index (χ1v) is 12.2. The lowest BCUT2D eigenvalue weighted by Crippen LogP contribution is -2.58. The molecule has 0 fully saturated rings. The Morgan fingerprint density at radius 3 is 2.08 bits per heavy atom. The summed E-state index contributed by atoms with van der Waals surface area (Å²) in [5.74, 6) is -6.43. The Labute approximate surface area is 219 Å². The normalized spacial score (nSPS) is 29.3. The van der Waals surface area contributed by atoms with Gasteiger partial charge in [0.15, 0.2) is 17.2 Å². The second-order valence-corrected chi connectivity index (χ2v) is 10.6. The summed E-state index contributed by atoms with van der Waals surface area (Å²) in [5, 5.41) is 33.3. The molecule has 0 saturated carbocycles. The number of carbonyl (C=O) groups is 5. The van der Waals surface area contributed by atoms with Crippen LogP contribution in [-0.4, -0.2) is 64.1 Å². The second-order valence-electron chi connectivity index (χ2n) is 10.6. The molecule has 39 heavy (non-hydrogen) atoms. The number of benzene rings is 2. The highest BCUT2D eigenvalue weighted by Crippen LogP contribution is 2.65. The minimum Gasteiger partial charge on any atom is -0.507 e. The monoisotopic (exact) mass is 532 g/mol. The number of hydrogen-bond donors (Lipinski definition) is 3. The van der Waals surface area contributed by atoms with E-state index >= 15 is 0 Å². The van der Waals surface area contributed by atoms with Crippen LogP contribution in [0.1, 0.15) is 65.8 Å². The van der Waals surface area contributed by atoms with Crippen LogP contribution in [-0.2, 0) is 34.8 Å². The number of phenolic OH excluding ortho intramolecular Hbond substituents is 2. The predicted molar refractivity (Wildman–Crippen MR) is 127 cm³/mol. The van der Waals surface area contributed by atoms with Gasteiger partial charge < -0.3 is 29.5 Å². The quantitative estimate of drug-likeness (QED) is 0.356. The average Bonchev–Trinajstić information content (AvgIpc) is 3.06. The van der Waals surface area contributed by atoms with E-state index in [1.807, 2.05) is 0 Å². The third kappa shape index (κ3) is 2.41. The van der Waals surface area contributed by atoms with E-state index in [-0.39, 0.29) is 39.0 Å². The number of esters is 3. The smallest absolute Gasteiger partial charge is 0.342 e. The van der Waals surface area contributed by atoms with Gasteiger partial charge in [-0.3, -0.25) is 14.4 Å². The minimum absolute atomic E-state index is 0.00129. The van der Waals surface area contributed by atoms with Crippen LogP contribution in [0.4, 0.5) is 0 Å². The van der Waals surface area contributed by atoms with Gasteiger partial charge in [0.1, 0.15) is 41.9 Å². The number of cyclic esters (lactones) is 2. The summed E-state index contributed by atoms with van der Waals surface area (Å²) in [4.78, 5) is 66.8. The Balaban J connectivity index is 1.70. The molecule has 0 amide bonds. The molecule has 11 heteroatoms. The number of Topliss-reactive ketones (excluding diaryl/α,β-unsaturated/α-hetero) is 2. The first-order valence-electron chi connectivity index (χ1n) is 12.2. The van der Waals surface area contributed by atoms with Crippen LogP contribution in [0, 0.1) is 19.8 Å². The second kappa shape index (κ2) is 6.92. The number of aryl methyl sites for hydroxylation is 2. The molecule has 0 aromatic heterocycles. The van der Waals surface area contributed by atoms with E-state index < -0.39 is 82.8 Å². The van der Waals surface area contributed by atoms with Gasteiger partial charge in [0.2, 0.25) is 0 Å². The van der Waals surface area contributed by atoms with Crippen LogP contribution in [0.2, 0.25) is 0 Å². The molecule has 0 saturated heterocycles. The zero-order valence-corrected chi connectivity index (χ0v) is 20.8. The Bertz CT molecular complexity index is 1710. The number of aliphatic hydroxyl groups is 1. The highest BCUT2D eigenvalue weighted by molar-refractivity contribution is 6.25. The fourth-order valence-corrected chi connectivity index (χ4v) is 7.33. The zero-order chi connectivity index (χ0) is 27.9. The van der Waals surface area contributed by atoms with Crippen molar-refractivity contribution in [3.05, 3.63) is 62.2 Å². The van der Waals surface area contributed by atoms with Crippen molar-refractivity contribution in [2.24, 2.45) is 5.92 Å². The van der Waals surface area contributed by atoms with Crippen molar-refractivity contribution in [3.8, 4) is 11.5 Å². The van der Waals surface area contributed by atoms with Crippen molar-refractivity contribution < 1.29 is 53.5 Å². The predicted octanol–water partition coefficient (Wildman–Crippen LogP) is 1.28. The molecule has 2 unspecified atom stereocenters. The molecule has 7 rings (SSSR count). The van der Waals surface area contributed by atoms with Crippen molar-refractivity contribution in [2.45, 2.75) is 37.9 Å². The third-order valence-electron chi connectivity index (χ3n) is 8.63. The third-order valence-corrected chi connectivity index (χ3v) is 8.63. The van der Waals surface area contributed by atoms with Gasteiger partial charge in [0, 0.05) is 23.6 Å². The van der Waals surface area contributed by atoms with Crippen molar-refractivity contribution >= 4 is 35.0 Å². The van der Waals surface area contributed by atoms with Gasteiger partial charge >= 0.3 is 17.9 Å². The SMILES string of the molecule is CC(=O)O[C@@H]1[C@@H]2C(=O)c3c(C)cc(O)c4c3C1(COC4=O)C1=C2c2c(C)cc(O)c3c2C(O)(COC3=O)C1=O. The molecule has 2 aliphatic heterocycles. The lowest BCUT2D eigenvalue weighted by atomic mass is 9.60. The highest BCUT2D eigenvalue weighted by Gasteiger charge is 2.72. The summed E-state index contributed by atoms with van der Waals surface area (Å²) in [6.45, 7) is 3.00. The molecule has 11 nitrogen and oxygen atoms in total. The molecule has 3 aliphatic carbocycles. The number of aromatic hydroxyl groups is 2. The maximum absolute atomic E-state index is 14.4. The van der Waals surface area contributed by atoms with Gasteiger partial charge in [0.25, 0.3) is 0 Å². The van der Waals surface area contributed by atoms with Gasteiger partial charge in [-0.2, -0.15) is 0 Å². The number of ether oxygens (including phenoxy) is 3. The van der Waals surface area contributed by atoms with Crippen molar-refractivity contribution in [2.75, 3.05) is 13.2 Å². The number of phenols is 2. The topological polar surface area (TPSA) is 174 Å². The van der Waals surface area contributed by atoms with E-state index in [1.54, 1.807) is 13.8 Å². The first-order chi connectivity index (χ1) is 18.4. The number of carbonyl (C=O) groups excluding carboxylic acids is 5. The van der Waals surface area contributed by atoms with Crippen molar-refractivity contribution in [1.29, 1.82) is 0 Å². The van der Waals surface area contributed by atoms with E-state index in [1.165, 1.54) is 12.1 Å². The maximum Gasteiger partial charge on any atom is 0.342 e. The summed E-state index contributed by atoms with van der Waals surface area (Å²) in [7, 11) is 0. The lowest BCUT2D eigenvalue weighted by Gasteiger charge is -2.46. The highest BCUT2D eigenvalue weighted by atomic mass is 16.6. The molecular formula is C28H20O11. The van der Waals surface area contributed by atoms with Gasteiger partial charge in [-0.15, -0.1) is 0 Å². The maximum atomic E-state index is 14.4. The number of hydrogen-bond acceptors (Lipinski definition) is 11. The molecule has 2 heterocycles. The molecule has 5 aliphatic rings. The van der Waals surface area contributed by atoms with E-state index in [2.05, 4.69) is 0 Å². The molecule has 2 bridgehead atoms. The van der Waals surface area contributed by atoms with E-state index in [9.17, 15) is 39.3 Å². The van der Waals surface area contributed by atoms with Gasteiger partial charge in [-0.1, -0.05) is 0 Å². The van der Waals surface area contributed by atoms with Crippen LogP contribution >= 0.6 is 0 Å². The lowest BCUT2D eigenvalue weighted by molar-refractivity contribution is -0.153. The van der Waals surface area contributed by atoms with Crippen LogP contribution < -0.4 is 0 Å². The first kappa shape index (κ1) is 23.6. The number of rotatable bonds is 1. The molecule has 198 valence electrons. The number of ketones is 2. The Hall–Kier alpha value is -4.51. The summed E-state index contributed by atoms with van der Waals surface area (Å²) >= 11 is 0. The summed E-state index contributed by atoms with van der Waals surface area (Å²) in [6.07, 6.45) is -1.37. The van der Waals surface area contributed by atoms with Gasteiger partial charge in [0.05, 0.1) is 11.3 Å². The Morgan fingerprint density at radius 1 is 0.897 bits per heavy atom. The molecule has 2 aromatic rings. The number of fused-ring (bicyclic) bond motifs is 3. The van der Waals surface area contributed by atoms with E-state index in [0.717, 1.165) is 6.92 Å². The van der Waals surface area contributed by atoms with E-state index in [0.29, 0.717) is 11.1 Å². The summed E-state index contributed by atoms with van der Waals surface area (Å²) < 4.78 is 16.3. The standard InChI is InChI=1S/C28H20O11/c1-8-4-12(31)16-20-13(8)17-18-22(32)14-9(2)5-11(30)15-19(14)27(6-37-25(15)34,24(18)39-10(3)29)21(17)23(33)28(20,36)7-38-26(16)35/h4-5,18,24,30-31,36H,6-7H2,1-3H3/t18-,24+,27?,28?/m0/s1. The zero-order valence-electron chi connectivity index (χ0n) is 20.8. The summed E-state index contributed by atoms with van der Waals surface area (Å²) in [5.41, 5.74) is -4.21. The van der Waals surface area contributed by atoms with Crippen LogP contribution in [0.5, 0.6) is 11.5 Å². The van der Waals surface area contributed by atoms with Crippen molar-refractivity contribution in [3.63, 3.8) is 0 Å². The van der Waals surface area contributed by atoms with E-state index in [4.69, 9.17) is 14.2 Å². The average molecular weight is 532 g/mol. The Morgan fingerprint density at radius 2 is 1.46 bits per heavy atom. The van der Waals surface area contributed by atoms with Crippen molar-refractivity contribution in [1.82, 2.24) is 0 Å². The molecular weight excluding hydrogens is 512 g/mol. The largest absolute Gasteiger partial charge is 0.507 e. The van der Waals surface area contributed by atoms with Crippen LogP contribution in [0.15, 0.2) is 17.7 Å².